The third kappa shape index (κ3) is 1.69. The summed E-state index contributed by atoms with van der Waals surface area (Å²) < 4.78 is 13.9. The first-order valence-corrected chi connectivity index (χ1v) is 5.64. The lowest BCUT2D eigenvalue weighted by molar-refractivity contribution is 0.0690. The van der Waals surface area contributed by atoms with Gasteiger partial charge < -0.3 is 10.1 Å². The van der Waals surface area contributed by atoms with Crippen LogP contribution in [0.2, 0.25) is 0 Å². The first kappa shape index (κ1) is 11.5. The molecule has 96 valence electrons. The van der Waals surface area contributed by atoms with E-state index in [1.807, 2.05) is 0 Å². The maximum atomic E-state index is 13.9. The fourth-order valence-corrected chi connectivity index (χ4v) is 2.21. The molecule has 6 heteroatoms. The molecular formula is C13H10FN3O2. The highest BCUT2D eigenvalue weighted by molar-refractivity contribution is 5.98. The van der Waals surface area contributed by atoms with Gasteiger partial charge in [-0.3, -0.25) is 5.10 Å². The maximum absolute atomic E-state index is 13.9. The highest BCUT2D eigenvalue weighted by atomic mass is 19.1. The fraction of sp³-hybridized carbons (Fsp3) is 0.0769. The Balaban J connectivity index is 2.29. The van der Waals surface area contributed by atoms with Gasteiger partial charge in [0.25, 0.3) is 0 Å². The van der Waals surface area contributed by atoms with Crippen LogP contribution in [0.4, 0.5) is 4.39 Å². The topological polar surface area (TPSA) is 81.8 Å². The molecule has 2 aromatic heterocycles. The summed E-state index contributed by atoms with van der Waals surface area (Å²) in [5.41, 5.74) is 2.36. The van der Waals surface area contributed by atoms with Gasteiger partial charge in [-0.15, -0.1) is 0 Å². The highest BCUT2D eigenvalue weighted by Gasteiger charge is 2.17. The van der Waals surface area contributed by atoms with Gasteiger partial charge in [0.2, 0.25) is 0 Å². The van der Waals surface area contributed by atoms with Crippen LogP contribution in [0.25, 0.3) is 22.2 Å². The Bertz CT molecular complexity index is 788. The van der Waals surface area contributed by atoms with Crippen molar-refractivity contribution < 1.29 is 14.3 Å². The van der Waals surface area contributed by atoms with Gasteiger partial charge in [0, 0.05) is 22.2 Å². The molecule has 3 N–H and O–H groups in total. The van der Waals surface area contributed by atoms with Crippen molar-refractivity contribution in [2.24, 2.45) is 0 Å². The number of aromatic carboxylic acids is 1. The van der Waals surface area contributed by atoms with E-state index in [2.05, 4.69) is 15.2 Å². The molecule has 0 atom stereocenters. The highest BCUT2D eigenvalue weighted by Crippen LogP contribution is 2.32. The maximum Gasteiger partial charge on any atom is 0.353 e. The number of carboxylic acids is 1. The van der Waals surface area contributed by atoms with Crippen molar-refractivity contribution >= 4 is 16.9 Å². The zero-order valence-corrected chi connectivity index (χ0v) is 9.99. The number of benzene rings is 1. The molecule has 0 radical (unpaired) electrons. The number of H-pyrrole nitrogens is 2. The van der Waals surface area contributed by atoms with Crippen molar-refractivity contribution in [1.29, 1.82) is 0 Å². The van der Waals surface area contributed by atoms with E-state index in [9.17, 15) is 9.18 Å². The van der Waals surface area contributed by atoms with Crippen LogP contribution in [0.15, 0.2) is 24.3 Å². The molecule has 3 rings (SSSR count). The average molecular weight is 259 g/mol. The quantitative estimate of drug-likeness (QED) is 0.661. The molecule has 0 fully saturated rings. The van der Waals surface area contributed by atoms with E-state index in [1.54, 1.807) is 19.1 Å². The van der Waals surface area contributed by atoms with Crippen LogP contribution in [-0.4, -0.2) is 26.3 Å². The number of nitrogens with one attached hydrogen (secondary N) is 2. The lowest BCUT2D eigenvalue weighted by Crippen LogP contribution is -1.95. The van der Waals surface area contributed by atoms with E-state index in [1.165, 1.54) is 12.1 Å². The van der Waals surface area contributed by atoms with Crippen LogP contribution >= 0.6 is 0 Å². The Hall–Kier alpha value is -2.63. The molecule has 0 saturated carbocycles. The van der Waals surface area contributed by atoms with Crippen LogP contribution in [0.1, 0.15) is 16.2 Å². The van der Waals surface area contributed by atoms with E-state index in [-0.39, 0.29) is 11.5 Å². The third-order valence-electron chi connectivity index (χ3n) is 3.03. The smallest absolute Gasteiger partial charge is 0.353 e. The van der Waals surface area contributed by atoms with Gasteiger partial charge in [0.15, 0.2) is 0 Å². The van der Waals surface area contributed by atoms with Crippen LogP contribution in [-0.2, 0) is 0 Å². The van der Waals surface area contributed by atoms with Gasteiger partial charge >= 0.3 is 5.97 Å². The van der Waals surface area contributed by atoms with Crippen LogP contribution < -0.4 is 0 Å². The minimum absolute atomic E-state index is 0.0277. The van der Waals surface area contributed by atoms with Crippen LogP contribution in [0.3, 0.4) is 0 Å². The summed E-state index contributed by atoms with van der Waals surface area (Å²) in [6.45, 7) is 1.80. The Morgan fingerprint density at radius 1 is 1.42 bits per heavy atom. The van der Waals surface area contributed by atoms with Crippen molar-refractivity contribution in [3.63, 3.8) is 0 Å². The molecule has 3 aromatic rings. The largest absolute Gasteiger partial charge is 0.477 e. The zero-order chi connectivity index (χ0) is 13.6. The second-order valence-electron chi connectivity index (χ2n) is 4.26. The van der Waals surface area contributed by atoms with Crippen molar-refractivity contribution in [1.82, 2.24) is 15.2 Å². The second-order valence-corrected chi connectivity index (χ2v) is 4.26. The standard InChI is InChI=1S/C13H10FN3O2/c1-6-11(9-5-10(13(18)19)17-16-9)12-7(14)3-2-4-8(12)15-6/h2-5,15H,1H3,(H,16,17)(H,18,19). The molecule has 0 amide bonds. The summed E-state index contributed by atoms with van der Waals surface area (Å²) in [7, 11) is 0. The van der Waals surface area contributed by atoms with Crippen LogP contribution in [0, 0.1) is 12.7 Å². The summed E-state index contributed by atoms with van der Waals surface area (Å²) >= 11 is 0. The first-order valence-electron chi connectivity index (χ1n) is 5.64. The zero-order valence-electron chi connectivity index (χ0n) is 9.99. The normalized spacial score (nSPS) is 11.1. The first-order chi connectivity index (χ1) is 9.08. The molecule has 19 heavy (non-hydrogen) atoms. The third-order valence-corrected chi connectivity index (χ3v) is 3.03. The number of rotatable bonds is 2. The minimum atomic E-state index is -1.10. The Kier molecular flexibility index (Phi) is 2.38. The number of carbonyl (C=O) groups is 1. The van der Waals surface area contributed by atoms with Crippen LogP contribution in [0.5, 0.6) is 0 Å². The molecule has 0 unspecified atom stereocenters. The number of hydrogen-bond acceptors (Lipinski definition) is 2. The molecule has 0 spiro atoms. The second kappa shape index (κ2) is 3.94. The van der Waals surface area contributed by atoms with E-state index in [0.29, 0.717) is 22.2 Å². The van der Waals surface area contributed by atoms with Gasteiger partial charge in [0.1, 0.15) is 11.5 Å². The molecule has 0 aliphatic carbocycles. The van der Waals surface area contributed by atoms with Crippen molar-refractivity contribution in [2.45, 2.75) is 6.92 Å². The summed E-state index contributed by atoms with van der Waals surface area (Å²) in [4.78, 5) is 13.9. The summed E-state index contributed by atoms with van der Waals surface area (Å²) in [6, 6.07) is 6.14. The van der Waals surface area contributed by atoms with Crippen molar-refractivity contribution in [3.8, 4) is 11.3 Å². The number of aromatic nitrogens is 3. The molecule has 0 saturated heterocycles. The predicted octanol–water partition coefficient (Wildman–Crippen LogP) is 2.70. The number of aromatic amines is 2. The Morgan fingerprint density at radius 2 is 2.21 bits per heavy atom. The van der Waals surface area contributed by atoms with Crippen molar-refractivity contribution in [3.05, 3.63) is 41.5 Å². The number of carboxylic acid groups (broad SMARTS) is 1. The predicted molar refractivity (Wildman–Crippen MR) is 67.5 cm³/mol. The number of nitrogens with zero attached hydrogens (tertiary/aromatic N) is 1. The molecule has 2 heterocycles. The molecule has 0 aliphatic heterocycles. The lowest BCUT2D eigenvalue weighted by atomic mass is 10.1. The van der Waals surface area contributed by atoms with Gasteiger partial charge in [-0.25, -0.2) is 9.18 Å². The molecular weight excluding hydrogens is 249 g/mol. The van der Waals surface area contributed by atoms with E-state index in [0.717, 1.165) is 5.69 Å². The fourth-order valence-electron chi connectivity index (χ4n) is 2.21. The molecule has 1 aromatic carbocycles. The van der Waals surface area contributed by atoms with Gasteiger partial charge in [-0.2, -0.15) is 5.10 Å². The van der Waals surface area contributed by atoms with E-state index < -0.39 is 5.97 Å². The van der Waals surface area contributed by atoms with Gasteiger partial charge in [0.05, 0.1) is 5.69 Å². The molecule has 0 bridgehead atoms. The SMILES string of the molecule is Cc1[nH]c2cccc(F)c2c1-c1cc(C(=O)O)[nH]n1. The Morgan fingerprint density at radius 3 is 2.89 bits per heavy atom. The van der Waals surface area contributed by atoms with Crippen molar-refractivity contribution in [2.75, 3.05) is 0 Å². The van der Waals surface area contributed by atoms with Gasteiger partial charge in [-0.05, 0) is 25.1 Å². The number of halogens is 1. The number of aryl methyl sites for hydroxylation is 1. The van der Waals surface area contributed by atoms with E-state index in [4.69, 9.17) is 5.11 Å². The summed E-state index contributed by atoms with van der Waals surface area (Å²) in [6.07, 6.45) is 0. The Labute approximate surface area is 107 Å². The monoisotopic (exact) mass is 259 g/mol. The molecule has 5 nitrogen and oxygen atoms in total. The summed E-state index contributed by atoms with van der Waals surface area (Å²) in [5, 5.41) is 15.7. The number of fused-ring (bicyclic) bond motifs is 1. The molecule has 0 aliphatic rings. The number of hydrogen-bond donors (Lipinski definition) is 3. The van der Waals surface area contributed by atoms with E-state index >= 15 is 0 Å². The van der Waals surface area contributed by atoms with Gasteiger partial charge in [-0.1, -0.05) is 6.07 Å². The minimum Gasteiger partial charge on any atom is -0.477 e. The summed E-state index contributed by atoms with van der Waals surface area (Å²) in [5.74, 6) is -1.46. The lowest BCUT2D eigenvalue weighted by Gasteiger charge is -1.97. The average Bonchev–Trinajstić information content (AvgIpc) is 2.93.